The third-order valence-corrected chi connectivity index (χ3v) is 1.58. The summed E-state index contributed by atoms with van der Waals surface area (Å²) in [6.45, 7) is 6.19. The number of carbonyl (C=O) groups excluding carboxylic acids is 1. The molecule has 2 N–H and O–H groups in total. The van der Waals surface area contributed by atoms with Crippen LogP contribution in [0.2, 0.25) is 0 Å². The molecule has 0 aliphatic carbocycles. The zero-order valence-corrected chi connectivity index (χ0v) is 8.54. The quantitative estimate of drug-likeness (QED) is 0.681. The van der Waals surface area contributed by atoms with Crippen molar-refractivity contribution in [3.8, 4) is 0 Å². The van der Waals surface area contributed by atoms with Gasteiger partial charge in [-0.25, -0.2) is 4.79 Å². The zero-order chi connectivity index (χ0) is 10.3. The minimum absolute atomic E-state index is 0.0483. The molecule has 0 aliphatic rings. The fourth-order valence-corrected chi connectivity index (χ4v) is 0.727. The Balaban J connectivity index is 3.60. The van der Waals surface area contributed by atoms with Gasteiger partial charge in [-0.05, 0) is 12.3 Å². The first-order chi connectivity index (χ1) is 6.10. The Morgan fingerprint density at radius 1 is 1.54 bits per heavy atom. The van der Waals surface area contributed by atoms with Crippen LogP contribution in [0.3, 0.4) is 0 Å². The van der Waals surface area contributed by atoms with Crippen molar-refractivity contribution in [2.45, 2.75) is 33.2 Å². The van der Waals surface area contributed by atoms with Gasteiger partial charge in [0.15, 0.2) is 0 Å². The molecule has 0 aromatic heterocycles. The van der Waals surface area contributed by atoms with Gasteiger partial charge in [-0.2, -0.15) is 0 Å². The van der Waals surface area contributed by atoms with Crippen LogP contribution in [-0.4, -0.2) is 30.5 Å². The molecule has 0 saturated heterocycles. The van der Waals surface area contributed by atoms with Crippen LogP contribution >= 0.6 is 0 Å². The second kappa shape index (κ2) is 6.71. The standard InChI is InChI=1S/C9H19NO3/c1-4-8(5-11)10-9(12)13-6-7(2)3/h7-8,11H,4-6H2,1-3H3,(H,10,12)/t8-/m0/s1. The Morgan fingerprint density at radius 3 is 2.54 bits per heavy atom. The first-order valence-electron chi connectivity index (χ1n) is 4.64. The Labute approximate surface area is 79.3 Å². The number of hydrogen-bond donors (Lipinski definition) is 2. The van der Waals surface area contributed by atoms with Crippen molar-refractivity contribution in [2.75, 3.05) is 13.2 Å². The number of rotatable bonds is 5. The lowest BCUT2D eigenvalue weighted by molar-refractivity contribution is 0.123. The molecule has 1 atom stereocenters. The van der Waals surface area contributed by atoms with E-state index in [0.717, 1.165) is 0 Å². The SMILES string of the molecule is CC[C@@H](CO)NC(=O)OCC(C)C. The average Bonchev–Trinajstić information content (AvgIpc) is 2.10. The Kier molecular flexibility index (Phi) is 6.32. The largest absolute Gasteiger partial charge is 0.449 e. The molecule has 4 nitrogen and oxygen atoms in total. The van der Waals surface area contributed by atoms with Crippen molar-refractivity contribution in [1.29, 1.82) is 0 Å². The Hall–Kier alpha value is -0.770. The third kappa shape index (κ3) is 6.40. The molecule has 0 aliphatic heterocycles. The molecular weight excluding hydrogens is 170 g/mol. The van der Waals surface area contributed by atoms with Crippen LogP contribution in [0.5, 0.6) is 0 Å². The van der Waals surface area contributed by atoms with Gasteiger partial charge in [0, 0.05) is 0 Å². The number of aliphatic hydroxyl groups is 1. The summed E-state index contributed by atoms with van der Waals surface area (Å²) in [5.74, 6) is 0.333. The number of hydrogen-bond acceptors (Lipinski definition) is 3. The predicted octanol–water partition coefficient (Wildman–Crippen LogP) is 1.14. The summed E-state index contributed by atoms with van der Waals surface area (Å²) < 4.78 is 4.88. The summed E-state index contributed by atoms with van der Waals surface area (Å²) >= 11 is 0. The van der Waals surface area contributed by atoms with Crippen molar-refractivity contribution in [2.24, 2.45) is 5.92 Å². The van der Waals surface area contributed by atoms with Gasteiger partial charge >= 0.3 is 6.09 Å². The van der Waals surface area contributed by atoms with Gasteiger partial charge in [0.2, 0.25) is 0 Å². The molecule has 0 bridgehead atoms. The smallest absolute Gasteiger partial charge is 0.407 e. The number of carbonyl (C=O) groups is 1. The van der Waals surface area contributed by atoms with E-state index in [1.807, 2.05) is 20.8 Å². The first-order valence-corrected chi connectivity index (χ1v) is 4.64. The molecule has 0 radical (unpaired) electrons. The van der Waals surface area contributed by atoms with Crippen LogP contribution in [0.4, 0.5) is 4.79 Å². The number of alkyl carbamates (subject to hydrolysis) is 1. The van der Waals surface area contributed by atoms with Gasteiger partial charge in [0.05, 0.1) is 19.3 Å². The molecule has 0 heterocycles. The maximum absolute atomic E-state index is 11.0. The second-order valence-corrected chi connectivity index (χ2v) is 3.42. The third-order valence-electron chi connectivity index (χ3n) is 1.58. The summed E-state index contributed by atoms with van der Waals surface area (Å²) in [5, 5.41) is 11.3. The van der Waals surface area contributed by atoms with Crippen molar-refractivity contribution < 1.29 is 14.6 Å². The Morgan fingerprint density at radius 2 is 2.15 bits per heavy atom. The van der Waals surface area contributed by atoms with Crippen molar-refractivity contribution in [1.82, 2.24) is 5.32 Å². The lowest BCUT2D eigenvalue weighted by Crippen LogP contribution is -2.37. The number of amides is 1. The lowest BCUT2D eigenvalue weighted by Gasteiger charge is -2.14. The molecule has 0 rings (SSSR count). The van der Waals surface area contributed by atoms with Crippen LogP contribution in [0.25, 0.3) is 0 Å². The summed E-state index contributed by atoms with van der Waals surface area (Å²) in [4.78, 5) is 11.0. The van der Waals surface area contributed by atoms with Crippen LogP contribution in [0, 0.1) is 5.92 Å². The molecule has 0 spiro atoms. The Bertz CT molecular complexity index is 144. The van der Waals surface area contributed by atoms with E-state index in [-0.39, 0.29) is 12.6 Å². The zero-order valence-electron chi connectivity index (χ0n) is 8.54. The van der Waals surface area contributed by atoms with Gasteiger partial charge in [0.25, 0.3) is 0 Å². The van der Waals surface area contributed by atoms with Gasteiger partial charge < -0.3 is 15.2 Å². The second-order valence-electron chi connectivity index (χ2n) is 3.42. The highest BCUT2D eigenvalue weighted by molar-refractivity contribution is 5.67. The molecule has 4 heteroatoms. The van der Waals surface area contributed by atoms with Crippen LogP contribution < -0.4 is 5.32 Å². The van der Waals surface area contributed by atoms with E-state index in [1.165, 1.54) is 0 Å². The first kappa shape index (κ1) is 12.2. The molecule has 0 unspecified atom stereocenters. The van der Waals surface area contributed by atoms with E-state index < -0.39 is 6.09 Å². The van der Waals surface area contributed by atoms with E-state index in [2.05, 4.69) is 5.32 Å². The van der Waals surface area contributed by atoms with Gasteiger partial charge in [-0.15, -0.1) is 0 Å². The molecule has 78 valence electrons. The molecule has 1 amide bonds. The van der Waals surface area contributed by atoms with Gasteiger partial charge in [0.1, 0.15) is 0 Å². The number of ether oxygens (including phenoxy) is 1. The molecular formula is C9H19NO3. The summed E-state index contributed by atoms with van der Waals surface area (Å²) in [7, 11) is 0. The van der Waals surface area contributed by atoms with E-state index >= 15 is 0 Å². The summed E-state index contributed by atoms with van der Waals surface area (Å²) in [6.07, 6.45) is 0.252. The molecule has 0 saturated carbocycles. The van der Waals surface area contributed by atoms with Crippen molar-refractivity contribution in [3.63, 3.8) is 0 Å². The minimum Gasteiger partial charge on any atom is -0.449 e. The van der Waals surface area contributed by atoms with Crippen LogP contribution in [-0.2, 0) is 4.74 Å². The maximum Gasteiger partial charge on any atom is 0.407 e. The van der Waals surface area contributed by atoms with Crippen LogP contribution in [0.15, 0.2) is 0 Å². The normalized spacial score (nSPS) is 12.7. The highest BCUT2D eigenvalue weighted by Crippen LogP contribution is 1.94. The fraction of sp³-hybridized carbons (Fsp3) is 0.889. The van der Waals surface area contributed by atoms with Gasteiger partial charge in [-0.1, -0.05) is 20.8 Å². The molecule has 0 fully saturated rings. The van der Waals surface area contributed by atoms with Crippen molar-refractivity contribution in [3.05, 3.63) is 0 Å². The number of aliphatic hydroxyl groups excluding tert-OH is 1. The summed E-state index contributed by atoms with van der Waals surface area (Å²) in [6, 6.07) is -0.195. The van der Waals surface area contributed by atoms with E-state index in [4.69, 9.17) is 9.84 Å². The van der Waals surface area contributed by atoms with E-state index in [9.17, 15) is 4.79 Å². The van der Waals surface area contributed by atoms with Crippen molar-refractivity contribution >= 4 is 6.09 Å². The predicted molar refractivity (Wildman–Crippen MR) is 50.5 cm³/mol. The number of nitrogens with one attached hydrogen (secondary N) is 1. The molecule has 13 heavy (non-hydrogen) atoms. The summed E-state index contributed by atoms with van der Waals surface area (Å²) in [5.41, 5.74) is 0. The molecule has 0 aromatic carbocycles. The van der Waals surface area contributed by atoms with E-state index in [1.54, 1.807) is 0 Å². The highest BCUT2D eigenvalue weighted by atomic mass is 16.5. The average molecular weight is 189 g/mol. The lowest BCUT2D eigenvalue weighted by atomic mass is 10.2. The molecule has 0 aromatic rings. The fourth-order valence-electron chi connectivity index (χ4n) is 0.727. The highest BCUT2D eigenvalue weighted by Gasteiger charge is 2.09. The topological polar surface area (TPSA) is 58.6 Å². The van der Waals surface area contributed by atoms with Gasteiger partial charge in [-0.3, -0.25) is 0 Å². The maximum atomic E-state index is 11.0. The minimum atomic E-state index is -0.449. The van der Waals surface area contributed by atoms with Crippen LogP contribution in [0.1, 0.15) is 27.2 Å². The monoisotopic (exact) mass is 189 g/mol. The van der Waals surface area contributed by atoms with E-state index in [0.29, 0.717) is 18.9 Å².